The van der Waals surface area contributed by atoms with Crippen LogP contribution >= 0.6 is 0 Å². The number of likely N-dealkylation sites (tertiary alicyclic amines) is 1. The average molecular weight is 277 g/mol. The van der Waals surface area contributed by atoms with E-state index in [2.05, 4.69) is 9.88 Å². The van der Waals surface area contributed by atoms with Crippen LogP contribution in [0.2, 0.25) is 0 Å². The number of aliphatic carboxylic acids is 1. The van der Waals surface area contributed by atoms with E-state index in [0.29, 0.717) is 38.5 Å². The predicted octanol–water partition coefficient (Wildman–Crippen LogP) is 0.587. The van der Waals surface area contributed by atoms with E-state index in [9.17, 15) is 9.90 Å². The molecule has 0 radical (unpaired) electrons. The van der Waals surface area contributed by atoms with Crippen molar-refractivity contribution >= 4 is 11.8 Å². The topological polar surface area (TPSA) is 88.7 Å². The Morgan fingerprint density at radius 2 is 2.50 bits per heavy atom. The van der Waals surface area contributed by atoms with Gasteiger partial charge in [-0.3, -0.25) is 9.69 Å². The molecule has 2 atom stereocenters. The summed E-state index contributed by atoms with van der Waals surface area (Å²) in [5, 5.41) is 9.62. The summed E-state index contributed by atoms with van der Waals surface area (Å²) in [4.78, 5) is 17.9. The van der Waals surface area contributed by atoms with E-state index < -0.39 is 11.4 Å². The number of rotatable bonds is 3. The third-order valence-corrected chi connectivity index (χ3v) is 4.52. The molecule has 0 aliphatic carbocycles. The normalized spacial score (nSPS) is 30.1. The summed E-state index contributed by atoms with van der Waals surface area (Å²) < 4.78 is 5.45. The van der Waals surface area contributed by atoms with Gasteiger partial charge in [0.25, 0.3) is 0 Å². The van der Waals surface area contributed by atoms with Crippen LogP contribution in [0.3, 0.4) is 0 Å². The lowest BCUT2D eigenvalue weighted by molar-refractivity contribution is -0.157. The molecule has 3 rings (SSSR count). The van der Waals surface area contributed by atoms with E-state index in [1.165, 1.54) is 0 Å². The minimum absolute atomic E-state index is 0.0617. The number of carboxylic acid groups (broad SMARTS) is 1. The maximum atomic E-state index is 11.7. The highest BCUT2D eigenvalue weighted by molar-refractivity contribution is 5.76. The molecular formula is C14H19N3O3. The molecular weight excluding hydrogens is 258 g/mol. The molecule has 1 aromatic heterocycles. The molecule has 2 aliphatic heterocycles. The quantitative estimate of drug-likeness (QED) is 0.840. The van der Waals surface area contributed by atoms with Gasteiger partial charge in [-0.05, 0) is 12.5 Å². The molecule has 0 saturated carbocycles. The van der Waals surface area contributed by atoms with Crippen LogP contribution in [0.15, 0.2) is 18.3 Å². The minimum atomic E-state index is -0.701. The van der Waals surface area contributed by atoms with E-state index in [1.807, 2.05) is 12.1 Å². The second-order valence-corrected chi connectivity index (χ2v) is 5.70. The van der Waals surface area contributed by atoms with E-state index in [4.69, 9.17) is 10.5 Å². The Balaban J connectivity index is 1.78. The Hall–Kier alpha value is -1.66. The fourth-order valence-electron chi connectivity index (χ4n) is 3.35. The van der Waals surface area contributed by atoms with Gasteiger partial charge in [-0.2, -0.15) is 0 Å². The Morgan fingerprint density at radius 1 is 1.65 bits per heavy atom. The number of hydrogen-bond donors (Lipinski definition) is 2. The van der Waals surface area contributed by atoms with Crippen molar-refractivity contribution < 1.29 is 14.6 Å². The third kappa shape index (κ3) is 2.14. The van der Waals surface area contributed by atoms with Gasteiger partial charge in [0.2, 0.25) is 0 Å². The van der Waals surface area contributed by atoms with Crippen LogP contribution < -0.4 is 5.73 Å². The fourth-order valence-corrected chi connectivity index (χ4v) is 3.35. The summed E-state index contributed by atoms with van der Waals surface area (Å²) in [6.45, 7) is 3.01. The number of nitrogens with two attached hydrogens (primary N) is 1. The van der Waals surface area contributed by atoms with Crippen molar-refractivity contribution in [3.8, 4) is 0 Å². The van der Waals surface area contributed by atoms with Gasteiger partial charge >= 0.3 is 5.97 Å². The number of ether oxygens (including phenoxy) is 1. The van der Waals surface area contributed by atoms with E-state index in [-0.39, 0.29) is 5.92 Å². The van der Waals surface area contributed by atoms with Crippen molar-refractivity contribution in [1.82, 2.24) is 9.88 Å². The SMILES string of the molecule is Nc1ncccc1CN1C[C@@H]2COCC[C@]2(C(=O)O)C1. The zero-order valence-corrected chi connectivity index (χ0v) is 11.3. The molecule has 3 heterocycles. The number of nitrogen functional groups attached to an aromatic ring is 1. The maximum Gasteiger partial charge on any atom is 0.311 e. The van der Waals surface area contributed by atoms with E-state index in [1.54, 1.807) is 6.20 Å². The number of fused-ring (bicyclic) bond motifs is 1. The van der Waals surface area contributed by atoms with Crippen LogP contribution in [0.1, 0.15) is 12.0 Å². The predicted molar refractivity (Wildman–Crippen MR) is 72.9 cm³/mol. The summed E-state index contributed by atoms with van der Waals surface area (Å²) in [7, 11) is 0. The van der Waals surface area contributed by atoms with Crippen molar-refractivity contribution in [2.45, 2.75) is 13.0 Å². The largest absolute Gasteiger partial charge is 0.481 e. The smallest absolute Gasteiger partial charge is 0.311 e. The van der Waals surface area contributed by atoms with Crippen molar-refractivity contribution in [2.24, 2.45) is 11.3 Å². The lowest BCUT2D eigenvalue weighted by atomic mass is 9.74. The molecule has 6 heteroatoms. The number of pyridine rings is 1. The van der Waals surface area contributed by atoms with Crippen LogP contribution in [-0.2, 0) is 16.1 Å². The molecule has 0 unspecified atom stereocenters. The third-order valence-electron chi connectivity index (χ3n) is 4.52. The molecule has 1 aromatic rings. The summed E-state index contributed by atoms with van der Waals surface area (Å²) in [5.41, 5.74) is 6.15. The molecule has 0 amide bonds. The summed E-state index contributed by atoms with van der Waals surface area (Å²) >= 11 is 0. The van der Waals surface area contributed by atoms with Gasteiger partial charge < -0.3 is 15.6 Å². The van der Waals surface area contributed by atoms with E-state index in [0.717, 1.165) is 12.1 Å². The van der Waals surface area contributed by atoms with Crippen LogP contribution in [0.4, 0.5) is 5.82 Å². The standard InChI is InChI=1S/C14H19N3O3/c15-12-10(2-1-4-16-12)6-17-7-11-8-20-5-3-14(11,9-17)13(18)19/h1-2,4,11H,3,5-9H2,(H2,15,16)(H,18,19)/t11-,14+/m1/s1. The zero-order valence-electron chi connectivity index (χ0n) is 11.3. The van der Waals surface area contributed by atoms with Crippen LogP contribution in [0.25, 0.3) is 0 Å². The van der Waals surface area contributed by atoms with Crippen LogP contribution in [0.5, 0.6) is 0 Å². The lowest BCUT2D eigenvalue weighted by Gasteiger charge is -2.34. The highest BCUT2D eigenvalue weighted by Crippen LogP contribution is 2.42. The fraction of sp³-hybridized carbons (Fsp3) is 0.571. The first-order valence-corrected chi connectivity index (χ1v) is 6.85. The van der Waals surface area contributed by atoms with Gasteiger partial charge in [0, 0.05) is 43.9 Å². The van der Waals surface area contributed by atoms with Gasteiger partial charge in [-0.15, -0.1) is 0 Å². The molecule has 0 bridgehead atoms. The molecule has 0 spiro atoms. The van der Waals surface area contributed by atoms with Crippen molar-refractivity contribution in [2.75, 3.05) is 32.0 Å². The average Bonchev–Trinajstić information content (AvgIpc) is 2.81. The molecule has 2 aliphatic rings. The second kappa shape index (κ2) is 5.03. The highest BCUT2D eigenvalue weighted by atomic mass is 16.5. The second-order valence-electron chi connectivity index (χ2n) is 5.70. The Bertz CT molecular complexity index is 522. The van der Waals surface area contributed by atoms with Crippen molar-refractivity contribution in [1.29, 1.82) is 0 Å². The first-order chi connectivity index (χ1) is 9.62. The molecule has 2 fully saturated rings. The molecule has 108 valence electrons. The monoisotopic (exact) mass is 277 g/mol. The molecule has 2 saturated heterocycles. The Kier molecular flexibility index (Phi) is 3.35. The number of anilines is 1. The van der Waals surface area contributed by atoms with Crippen molar-refractivity contribution in [3.05, 3.63) is 23.9 Å². The number of aromatic nitrogens is 1. The minimum Gasteiger partial charge on any atom is -0.481 e. The number of nitrogens with zero attached hydrogens (tertiary/aromatic N) is 2. The molecule has 0 aromatic carbocycles. The van der Waals surface area contributed by atoms with Crippen LogP contribution in [-0.4, -0.2) is 47.3 Å². The van der Waals surface area contributed by atoms with Gasteiger partial charge in [0.05, 0.1) is 12.0 Å². The molecule has 3 N–H and O–H groups in total. The molecule has 20 heavy (non-hydrogen) atoms. The first-order valence-electron chi connectivity index (χ1n) is 6.85. The summed E-state index contributed by atoms with van der Waals surface area (Å²) in [5.74, 6) is -0.123. The number of carboxylic acids is 1. The van der Waals surface area contributed by atoms with Crippen LogP contribution in [0, 0.1) is 11.3 Å². The van der Waals surface area contributed by atoms with Gasteiger partial charge in [0.15, 0.2) is 0 Å². The first kappa shape index (κ1) is 13.3. The number of hydrogen-bond acceptors (Lipinski definition) is 5. The maximum absolute atomic E-state index is 11.7. The van der Waals surface area contributed by atoms with Crippen molar-refractivity contribution in [3.63, 3.8) is 0 Å². The Labute approximate surface area is 117 Å². The van der Waals surface area contributed by atoms with E-state index >= 15 is 0 Å². The van der Waals surface area contributed by atoms with Gasteiger partial charge in [0.1, 0.15) is 5.82 Å². The van der Waals surface area contributed by atoms with Gasteiger partial charge in [-0.25, -0.2) is 4.98 Å². The summed E-state index contributed by atoms with van der Waals surface area (Å²) in [6.07, 6.45) is 2.25. The zero-order chi connectivity index (χ0) is 14.2. The lowest BCUT2D eigenvalue weighted by Crippen LogP contribution is -2.44. The highest BCUT2D eigenvalue weighted by Gasteiger charge is 2.53. The van der Waals surface area contributed by atoms with Gasteiger partial charge in [-0.1, -0.05) is 6.07 Å². The Morgan fingerprint density at radius 3 is 3.20 bits per heavy atom. The molecule has 6 nitrogen and oxygen atoms in total. The number of carbonyl (C=O) groups is 1. The summed E-state index contributed by atoms with van der Waals surface area (Å²) in [6, 6.07) is 3.79.